The first kappa shape index (κ1) is 21.0. The summed E-state index contributed by atoms with van der Waals surface area (Å²) in [7, 11) is 2.01. The van der Waals surface area contributed by atoms with E-state index in [0.717, 1.165) is 48.5 Å². The van der Waals surface area contributed by atoms with Crippen molar-refractivity contribution < 1.29 is 14.3 Å². The predicted molar refractivity (Wildman–Crippen MR) is 131 cm³/mol. The van der Waals surface area contributed by atoms with Gasteiger partial charge in [0.2, 0.25) is 11.8 Å². The Kier molecular flexibility index (Phi) is 3.53. The number of nitrogens with one attached hydrogen (secondary N) is 1. The Morgan fingerprint density at radius 3 is 2.68 bits per heavy atom. The van der Waals surface area contributed by atoms with Gasteiger partial charge in [0.15, 0.2) is 0 Å². The Labute approximate surface area is 201 Å². The molecule has 2 bridgehead atoms. The summed E-state index contributed by atoms with van der Waals surface area (Å²) in [6.45, 7) is 12.8. The van der Waals surface area contributed by atoms with E-state index in [2.05, 4.69) is 54.1 Å². The monoisotopic (exact) mass is 461 g/mol. The lowest BCUT2D eigenvalue weighted by atomic mass is 9.56. The number of anilines is 1. The fourth-order valence-corrected chi connectivity index (χ4v) is 9.17. The van der Waals surface area contributed by atoms with Crippen LogP contribution in [0.3, 0.4) is 0 Å². The maximum Gasteiger partial charge on any atom is 0.243 e. The molecule has 1 aromatic rings. The molecule has 6 heterocycles. The van der Waals surface area contributed by atoms with Crippen molar-refractivity contribution in [3.8, 4) is 5.75 Å². The lowest BCUT2D eigenvalue weighted by Gasteiger charge is -2.65. The van der Waals surface area contributed by atoms with Gasteiger partial charge in [0.05, 0.1) is 16.6 Å². The summed E-state index contributed by atoms with van der Waals surface area (Å²) in [5, 5.41) is 3.30. The van der Waals surface area contributed by atoms with Gasteiger partial charge in [-0.25, -0.2) is 0 Å². The number of carbonyl (C=O) groups is 2. The van der Waals surface area contributed by atoms with Crippen molar-refractivity contribution in [2.45, 2.75) is 76.0 Å². The average Bonchev–Trinajstić information content (AvgIpc) is 3.32. The van der Waals surface area contributed by atoms with Gasteiger partial charge in [-0.05, 0) is 80.7 Å². The summed E-state index contributed by atoms with van der Waals surface area (Å²) in [4.78, 5) is 32.5. The summed E-state index contributed by atoms with van der Waals surface area (Å²) < 4.78 is 6.22. The van der Waals surface area contributed by atoms with Crippen LogP contribution in [0, 0.1) is 17.3 Å². The zero-order valence-electron chi connectivity index (χ0n) is 21.1. The molecule has 0 aromatic heterocycles. The molecule has 6 aliphatic heterocycles. The zero-order chi connectivity index (χ0) is 24.1. The third kappa shape index (κ3) is 1.95. The number of benzene rings is 1. The van der Waals surface area contributed by atoms with Crippen LogP contribution in [0.15, 0.2) is 18.2 Å². The molecule has 5 atom stereocenters. The number of piperidine rings is 2. The minimum Gasteiger partial charge on any atom is -0.483 e. The van der Waals surface area contributed by atoms with Crippen molar-refractivity contribution in [1.29, 1.82) is 0 Å². The second-order valence-corrected chi connectivity index (χ2v) is 13.0. The lowest BCUT2D eigenvalue weighted by Crippen LogP contribution is -2.79. The van der Waals surface area contributed by atoms with Gasteiger partial charge >= 0.3 is 0 Å². The van der Waals surface area contributed by atoms with Crippen LogP contribution in [-0.2, 0) is 15.0 Å². The number of ether oxygens (including phenoxy) is 1. The first-order chi connectivity index (χ1) is 15.9. The van der Waals surface area contributed by atoms with Crippen molar-refractivity contribution in [2.75, 3.05) is 25.5 Å². The number of likely N-dealkylation sites (N-methyl/N-ethyl adjacent to an activating group) is 1. The molecule has 180 valence electrons. The van der Waals surface area contributed by atoms with Crippen LogP contribution in [0.5, 0.6) is 5.75 Å². The first-order valence-corrected chi connectivity index (χ1v) is 12.8. The highest BCUT2D eigenvalue weighted by atomic mass is 16.5. The van der Waals surface area contributed by atoms with Crippen LogP contribution in [0.25, 0.3) is 6.08 Å². The van der Waals surface area contributed by atoms with E-state index in [4.69, 9.17) is 4.74 Å². The number of fused-ring (bicyclic) bond motifs is 5. The standard InChI is InChI=1S/C28H35N3O3/c1-16-10-12-31-15-26-14-27(25(4,5)20(26)13-28(16,31)23(33)30(26)6)18-7-8-19-17(21(18)29-22(27)32)9-11-24(2,3)34-19/h7-9,11,16,20H,10,12-15H2,1-6H3,(H,29,32)/t16-,20?,26+,27+,28+/m0/s1. The third-order valence-corrected chi connectivity index (χ3v) is 11.0. The number of amides is 2. The number of rotatable bonds is 0. The van der Waals surface area contributed by atoms with Gasteiger partial charge in [0.25, 0.3) is 0 Å². The van der Waals surface area contributed by atoms with E-state index in [-0.39, 0.29) is 34.3 Å². The summed E-state index contributed by atoms with van der Waals surface area (Å²) in [6, 6.07) is 4.16. The fraction of sp³-hybridized carbons (Fsp3) is 0.643. The molecule has 5 fully saturated rings. The van der Waals surface area contributed by atoms with Crippen LogP contribution in [0.4, 0.5) is 5.69 Å². The molecule has 7 aliphatic rings. The molecule has 6 heteroatoms. The molecular weight excluding hydrogens is 426 g/mol. The van der Waals surface area contributed by atoms with E-state index in [9.17, 15) is 9.59 Å². The lowest BCUT2D eigenvalue weighted by molar-refractivity contribution is -0.189. The first-order valence-electron chi connectivity index (χ1n) is 12.8. The highest BCUT2D eigenvalue weighted by Crippen LogP contribution is 2.72. The van der Waals surface area contributed by atoms with Crippen LogP contribution < -0.4 is 10.1 Å². The van der Waals surface area contributed by atoms with E-state index in [1.165, 1.54) is 0 Å². The fourth-order valence-electron chi connectivity index (χ4n) is 9.17. The molecule has 2 amide bonds. The second kappa shape index (κ2) is 5.72. The summed E-state index contributed by atoms with van der Waals surface area (Å²) in [5.41, 5.74) is 0.867. The Morgan fingerprint density at radius 2 is 1.91 bits per heavy atom. The Balaban J connectivity index is 1.43. The van der Waals surface area contributed by atoms with Crippen LogP contribution >= 0.6 is 0 Å². The number of carbonyl (C=O) groups excluding carboxylic acids is 2. The van der Waals surface area contributed by atoms with Crippen molar-refractivity contribution in [2.24, 2.45) is 17.3 Å². The molecular formula is C28H35N3O3. The number of hydrogen-bond acceptors (Lipinski definition) is 4. The van der Waals surface area contributed by atoms with Crippen molar-refractivity contribution in [1.82, 2.24) is 9.80 Å². The normalized spacial score (nSPS) is 42.4. The van der Waals surface area contributed by atoms with E-state index < -0.39 is 11.0 Å². The van der Waals surface area contributed by atoms with E-state index in [1.54, 1.807) is 0 Å². The molecule has 1 saturated carbocycles. The maximum absolute atomic E-state index is 14.1. The van der Waals surface area contributed by atoms with Crippen molar-refractivity contribution in [3.05, 3.63) is 29.3 Å². The minimum atomic E-state index is -0.675. The highest BCUT2D eigenvalue weighted by molar-refractivity contribution is 6.10. The number of hydrogen-bond donors (Lipinski definition) is 1. The second-order valence-electron chi connectivity index (χ2n) is 13.0. The summed E-state index contributed by atoms with van der Waals surface area (Å²) >= 11 is 0. The zero-order valence-corrected chi connectivity index (χ0v) is 21.1. The SMILES string of the molecule is C[C@H]1CCN2C[C@]34C[C@@]5(C(=O)Nc6c5ccc5c6C=CC(C)(C)O5)C(C)(C)C3C[C@]12C(=O)N4C. The van der Waals surface area contributed by atoms with Gasteiger partial charge in [-0.1, -0.05) is 26.8 Å². The molecule has 0 radical (unpaired) electrons. The van der Waals surface area contributed by atoms with E-state index in [0.29, 0.717) is 12.3 Å². The Morgan fingerprint density at radius 1 is 1.15 bits per heavy atom. The van der Waals surface area contributed by atoms with Crippen molar-refractivity contribution in [3.63, 3.8) is 0 Å². The quantitative estimate of drug-likeness (QED) is 0.638. The van der Waals surface area contributed by atoms with Crippen LogP contribution in [-0.4, -0.2) is 58.4 Å². The van der Waals surface area contributed by atoms with Crippen LogP contribution in [0.2, 0.25) is 0 Å². The van der Waals surface area contributed by atoms with E-state index in [1.807, 2.05) is 27.0 Å². The van der Waals surface area contributed by atoms with Crippen LogP contribution in [0.1, 0.15) is 65.0 Å². The molecule has 1 unspecified atom stereocenters. The van der Waals surface area contributed by atoms with Gasteiger partial charge in [-0.15, -0.1) is 0 Å². The molecule has 8 rings (SSSR count). The molecule has 4 saturated heterocycles. The van der Waals surface area contributed by atoms with E-state index >= 15 is 0 Å². The van der Waals surface area contributed by atoms with Gasteiger partial charge in [0.1, 0.15) is 16.9 Å². The summed E-state index contributed by atoms with van der Waals surface area (Å²) in [6.07, 6.45) is 6.77. The minimum absolute atomic E-state index is 0.0814. The molecule has 1 aliphatic carbocycles. The van der Waals surface area contributed by atoms with Gasteiger partial charge in [-0.2, -0.15) is 0 Å². The molecule has 34 heavy (non-hydrogen) atoms. The number of nitrogens with zero attached hydrogens (tertiary/aromatic N) is 2. The third-order valence-electron chi connectivity index (χ3n) is 11.0. The molecule has 3 spiro atoms. The summed E-state index contributed by atoms with van der Waals surface area (Å²) in [5.74, 6) is 1.78. The topological polar surface area (TPSA) is 61.9 Å². The smallest absolute Gasteiger partial charge is 0.243 e. The maximum atomic E-state index is 14.1. The Bertz CT molecular complexity index is 1220. The largest absolute Gasteiger partial charge is 0.483 e. The van der Waals surface area contributed by atoms with Gasteiger partial charge < -0.3 is 15.0 Å². The van der Waals surface area contributed by atoms with Gasteiger partial charge in [0, 0.05) is 19.2 Å². The molecule has 1 N–H and O–H groups in total. The number of piperazine rings is 1. The highest BCUT2D eigenvalue weighted by Gasteiger charge is 2.80. The molecule has 6 nitrogen and oxygen atoms in total. The van der Waals surface area contributed by atoms with Gasteiger partial charge in [-0.3, -0.25) is 14.5 Å². The predicted octanol–water partition coefficient (Wildman–Crippen LogP) is 3.80. The molecule has 1 aromatic carbocycles. The Hall–Kier alpha value is -2.34. The average molecular weight is 462 g/mol. The van der Waals surface area contributed by atoms with Crippen molar-refractivity contribution >= 4 is 23.6 Å².